The minimum absolute atomic E-state index is 0.0948. The number of nitrogens with one attached hydrogen (secondary N) is 1. The number of hydrogen-bond acceptors (Lipinski definition) is 4. The molecule has 1 amide bonds. The number of para-hydroxylation sites is 1. The van der Waals surface area contributed by atoms with Gasteiger partial charge in [0, 0.05) is 11.4 Å². The van der Waals surface area contributed by atoms with Crippen molar-refractivity contribution in [3.63, 3.8) is 0 Å². The van der Waals surface area contributed by atoms with Crippen molar-refractivity contribution < 1.29 is 13.2 Å². The summed E-state index contributed by atoms with van der Waals surface area (Å²) in [5.41, 5.74) is 7.41. The Labute approximate surface area is 123 Å². The van der Waals surface area contributed by atoms with Crippen molar-refractivity contribution >= 4 is 27.1 Å². The molecule has 0 aromatic heterocycles. The van der Waals surface area contributed by atoms with Crippen molar-refractivity contribution in [2.75, 3.05) is 16.8 Å². The van der Waals surface area contributed by atoms with E-state index in [9.17, 15) is 13.2 Å². The van der Waals surface area contributed by atoms with E-state index in [0.29, 0.717) is 16.9 Å². The highest BCUT2D eigenvalue weighted by Crippen LogP contribution is 2.18. The second-order valence-electron chi connectivity index (χ2n) is 4.69. The lowest BCUT2D eigenvalue weighted by atomic mass is 10.2. The largest absolute Gasteiger partial charge is 0.399 e. The maximum absolute atomic E-state index is 12.2. The zero-order chi connectivity index (χ0) is 15.5. The summed E-state index contributed by atoms with van der Waals surface area (Å²) < 4.78 is 24.4. The van der Waals surface area contributed by atoms with Crippen molar-refractivity contribution in [2.24, 2.45) is 0 Å². The Kier molecular flexibility index (Phi) is 4.28. The van der Waals surface area contributed by atoms with Crippen LogP contribution in [0.3, 0.4) is 0 Å². The summed E-state index contributed by atoms with van der Waals surface area (Å²) >= 11 is 0. The van der Waals surface area contributed by atoms with E-state index < -0.39 is 21.5 Å². The molecule has 5 nitrogen and oxygen atoms in total. The third-order valence-corrected chi connectivity index (χ3v) is 4.59. The standard InChI is InChI=1S/C15H16N2O3S/c1-11-9-13(7-8-14(11)16)21(19,20)10-15(18)17-12-5-3-2-4-6-12/h2-9H,10,16H2,1H3,(H,17,18). The topological polar surface area (TPSA) is 89.3 Å². The van der Waals surface area contributed by atoms with Crippen LogP contribution >= 0.6 is 0 Å². The fourth-order valence-corrected chi connectivity index (χ4v) is 3.03. The Morgan fingerprint density at radius 3 is 2.43 bits per heavy atom. The molecule has 0 aliphatic rings. The predicted octanol–water partition coefficient (Wildman–Crippen LogP) is 1.99. The molecule has 0 aliphatic carbocycles. The summed E-state index contributed by atoms with van der Waals surface area (Å²) in [4.78, 5) is 11.9. The Morgan fingerprint density at radius 1 is 1.14 bits per heavy atom. The highest BCUT2D eigenvalue weighted by Gasteiger charge is 2.20. The van der Waals surface area contributed by atoms with Crippen molar-refractivity contribution in [3.05, 3.63) is 54.1 Å². The van der Waals surface area contributed by atoms with E-state index in [1.54, 1.807) is 31.2 Å². The molecule has 6 heteroatoms. The number of anilines is 2. The van der Waals surface area contributed by atoms with Crippen LogP contribution in [0.15, 0.2) is 53.4 Å². The molecule has 2 aromatic rings. The van der Waals surface area contributed by atoms with Gasteiger partial charge in [0.2, 0.25) is 5.91 Å². The summed E-state index contributed by atoms with van der Waals surface area (Å²) in [5.74, 6) is -1.18. The number of sulfone groups is 1. The highest BCUT2D eigenvalue weighted by atomic mass is 32.2. The average Bonchev–Trinajstić information content (AvgIpc) is 2.42. The molecule has 0 saturated carbocycles. The molecule has 0 spiro atoms. The number of hydrogen-bond donors (Lipinski definition) is 2. The van der Waals surface area contributed by atoms with Crippen LogP contribution in [0.5, 0.6) is 0 Å². The molecule has 2 rings (SSSR count). The molecule has 0 radical (unpaired) electrons. The number of aryl methyl sites for hydroxylation is 1. The highest BCUT2D eigenvalue weighted by molar-refractivity contribution is 7.92. The maximum atomic E-state index is 12.2. The van der Waals surface area contributed by atoms with E-state index in [1.807, 2.05) is 6.07 Å². The lowest BCUT2D eigenvalue weighted by molar-refractivity contribution is -0.113. The number of amides is 1. The van der Waals surface area contributed by atoms with Gasteiger partial charge in [-0.2, -0.15) is 0 Å². The first kappa shape index (κ1) is 15.1. The lowest BCUT2D eigenvalue weighted by Crippen LogP contribution is -2.23. The first-order valence-corrected chi connectivity index (χ1v) is 7.97. The SMILES string of the molecule is Cc1cc(S(=O)(=O)CC(=O)Nc2ccccc2)ccc1N. The Morgan fingerprint density at radius 2 is 1.81 bits per heavy atom. The van der Waals surface area contributed by atoms with Gasteiger partial charge in [-0.3, -0.25) is 4.79 Å². The van der Waals surface area contributed by atoms with Crippen LogP contribution in [0.25, 0.3) is 0 Å². The second-order valence-corrected chi connectivity index (χ2v) is 6.68. The van der Waals surface area contributed by atoms with Crippen LogP contribution in [-0.4, -0.2) is 20.1 Å². The van der Waals surface area contributed by atoms with E-state index in [4.69, 9.17) is 5.73 Å². The van der Waals surface area contributed by atoms with Gasteiger partial charge in [-0.15, -0.1) is 0 Å². The van der Waals surface area contributed by atoms with E-state index in [1.165, 1.54) is 18.2 Å². The summed E-state index contributed by atoms with van der Waals surface area (Å²) in [6, 6.07) is 13.1. The van der Waals surface area contributed by atoms with Crippen molar-refractivity contribution in [3.8, 4) is 0 Å². The van der Waals surface area contributed by atoms with Gasteiger partial charge in [0.15, 0.2) is 9.84 Å². The fourth-order valence-electron chi connectivity index (χ4n) is 1.82. The monoisotopic (exact) mass is 304 g/mol. The Balaban J connectivity index is 2.13. The van der Waals surface area contributed by atoms with Gasteiger partial charge in [0.05, 0.1) is 4.90 Å². The summed E-state index contributed by atoms with van der Waals surface area (Å²) in [5, 5.41) is 2.55. The predicted molar refractivity (Wildman–Crippen MR) is 82.7 cm³/mol. The number of carbonyl (C=O) groups excluding carboxylic acids is 1. The molecule has 0 unspecified atom stereocenters. The van der Waals surface area contributed by atoms with E-state index in [0.717, 1.165) is 0 Å². The van der Waals surface area contributed by atoms with Crippen LogP contribution in [0.1, 0.15) is 5.56 Å². The molecule has 0 fully saturated rings. The first-order chi connectivity index (χ1) is 9.88. The molecule has 0 aliphatic heterocycles. The Hall–Kier alpha value is -2.34. The summed E-state index contributed by atoms with van der Waals surface area (Å²) in [6.45, 7) is 1.72. The van der Waals surface area contributed by atoms with Crippen LogP contribution in [0.2, 0.25) is 0 Å². The van der Waals surface area contributed by atoms with Crippen LogP contribution in [-0.2, 0) is 14.6 Å². The molecular formula is C15H16N2O3S. The van der Waals surface area contributed by atoms with Gasteiger partial charge in [-0.1, -0.05) is 18.2 Å². The van der Waals surface area contributed by atoms with Gasteiger partial charge in [0.25, 0.3) is 0 Å². The fraction of sp³-hybridized carbons (Fsp3) is 0.133. The smallest absolute Gasteiger partial charge is 0.239 e. The van der Waals surface area contributed by atoms with E-state index in [-0.39, 0.29) is 4.90 Å². The molecular weight excluding hydrogens is 288 g/mol. The molecule has 2 aromatic carbocycles. The quantitative estimate of drug-likeness (QED) is 0.845. The average molecular weight is 304 g/mol. The van der Waals surface area contributed by atoms with Crippen molar-refractivity contribution in [2.45, 2.75) is 11.8 Å². The third-order valence-electron chi connectivity index (χ3n) is 2.98. The normalized spacial score (nSPS) is 11.1. The lowest BCUT2D eigenvalue weighted by Gasteiger charge is -2.08. The number of nitrogen functional groups attached to an aromatic ring is 1. The van der Waals surface area contributed by atoms with Gasteiger partial charge in [-0.05, 0) is 42.8 Å². The molecule has 0 atom stereocenters. The van der Waals surface area contributed by atoms with E-state index in [2.05, 4.69) is 5.32 Å². The van der Waals surface area contributed by atoms with Crippen LogP contribution < -0.4 is 11.1 Å². The maximum Gasteiger partial charge on any atom is 0.239 e. The van der Waals surface area contributed by atoms with E-state index >= 15 is 0 Å². The van der Waals surface area contributed by atoms with Gasteiger partial charge in [0.1, 0.15) is 5.75 Å². The molecule has 0 heterocycles. The van der Waals surface area contributed by atoms with Crippen molar-refractivity contribution in [1.82, 2.24) is 0 Å². The second kappa shape index (κ2) is 5.97. The zero-order valence-corrected chi connectivity index (χ0v) is 12.4. The Bertz CT molecular complexity index is 756. The molecule has 3 N–H and O–H groups in total. The molecule has 110 valence electrons. The number of rotatable bonds is 4. The molecule has 0 bridgehead atoms. The summed E-state index contributed by atoms with van der Waals surface area (Å²) in [6.07, 6.45) is 0. The minimum atomic E-state index is -3.69. The third kappa shape index (κ3) is 3.82. The number of benzene rings is 2. The zero-order valence-electron chi connectivity index (χ0n) is 11.5. The molecule has 0 saturated heterocycles. The van der Waals surface area contributed by atoms with Gasteiger partial charge in [-0.25, -0.2) is 8.42 Å². The van der Waals surface area contributed by atoms with Gasteiger partial charge >= 0.3 is 0 Å². The first-order valence-electron chi connectivity index (χ1n) is 6.32. The number of nitrogens with two attached hydrogens (primary N) is 1. The number of carbonyl (C=O) groups is 1. The van der Waals surface area contributed by atoms with Crippen molar-refractivity contribution in [1.29, 1.82) is 0 Å². The van der Waals surface area contributed by atoms with Gasteiger partial charge < -0.3 is 11.1 Å². The minimum Gasteiger partial charge on any atom is -0.399 e. The molecule has 21 heavy (non-hydrogen) atoms. The summed E-state index contributed by atoms with van der Waals surface area (Å²) in [7, 11) is -3.69. The van der Waals surface area contributed by atoms with Crippen LogP contribution in [0, 0.1) is 6.92 Å². The van der Waals surface area contributed by atoms with Crippen LogP contribution in [0.4, 0.5) is 11.4 Å².